The number of rotatable bonds is 9. The lowest BCUT2D eigenvalue weighted by atomic mass is 10.0. The van der Waals surface area contributed by atoms with Crippen molar-refractivity contribution in [3.05, 3.63) is 16.4 Å². The molecule has 110 valence electrons. The van der Waals surface area contributed by atoms with Crippen LogP contribution in [-0.2, 0) is 18.2 Å². The van der Waals surface area contributed by atoms with E-state index in [1.54, 1.807) is 4.68 Å². The lowest BCUT2D eigenvalue weighted by Crippen LogP contribution is -2.31. The summed E-state index contributed by atoms with van der Waals surface area (Å²) in [6.07, 6.45) is 3.10. The monoisotopic (exact) mass is 287 g/mol. The van der Waals surface area contributed by atoms with E-state index in [0.717, 1.165) is 55.4 Å². The van der Waals surface area contributed by atoms with Gasteiger partial charge in [0.2, 0.25) is 0 Å². The molecule has 1 aromatic heterocycles. The molecule has 1 aromatic rings. The van der Waals surface area contributed by atoms with Crippen molar-refractivity contribution in [2.75, 3.05) is 19.8 Å². The Morgan fingerprint density at radius 3 is 2.68 bits per heavy atom. The Labute approximate surface area is 121 Å². The number of hydrogen-bond donors (Lipinski definition) is 1. The van der Waals surface area contributed by atoms with E-state index >= 15 is 0 Å². The third kappa shape index (κ3) is 5.13. The number of aryl methyl sites for hydroxylation is 2. The first kappa shape index (κ1) is 16.5. The van der Waals surface area contributed by atoms with Gasteiger partial charge in [-0.3, -0.25) is 4.68 Å². The second kappa shape index (κ2) is 8.56. The van der Waals surface area contributed by atoms with Crippen molar-refractivity contribution in [3.63, 3.8) is 0 Å². The van der Waals surface area contributed by atoms with Crippen molar-refractivity contribution < 1.29 is 4.74 Å². The van der Waals surface area contributed by atoms with Gasteiger partial charge in [-0.15, -0.1) is 0 Å². The molecule has 0 amide bonds. The number of halogens is 1. The third-order valence-corrected chi connectivity index (χ3v) is 3.73. The fraction of sp³-hybridized carbons (Fsp3) is 0.786. The highest BCUT2D eigenvalue weighted by molar-refractivity contribution is 6.30. The number of nitrogens with zero attached hydrogens (tertiary/aromatic N) is 2. The lowest BCUT2D eigenvalue weighted by molar-refractivity contribution is 0.141. The summed E-state index contributed by atoms with van der Waals surface area (Å²) in [5.74, 6) is 0. The molecule has 0 saturated carbocycles. The van der Waals surface area contributed by atoms with Crippen molar-refractivity contribution in [2.45, 2.75) is 46.1 Å². The van der Waals surface area contributed by atoms with Crippen LogP contribution in [0, 0.1) is 6.92 Å². The highest BCUT2D eigenvalue weighted by atomic mass is 35.5. The van der Waals surface area contributed by atoms with Gasteiger partial charge in [0.1, 0.15) is 5.15 Å². The van der Waals surface area contributed by atoms with E-state index in [1.165, 1.54) is 0 Å². The zero-order valence-corrected chi connectivity index (χ0v) is 13.3. The summed E-state index contributed by atoms with van der Waals surface area (Å²) in [7, 11) is 1.89. The third-order valence-electron chi connectivity index (χ3n) is 3.26. The van der Waals surface area contributed by atoms with E-state index in [1.807, 2.05) is 20.9 Å². The van der Waals surface area contributed by atoms with Gasteiger partial charge in [0.15, 0.2) is 0 Å². The van der Waals surface area contributed by atoms with Crippen molar-refractivity contribution in [1.29, 1.82) is 0 Å². The fourth-order valence-corrected chi connectivity index (χ4v) is 2.54. The van der Waals surface area contributed by atoms with Crippen LogP contribution in [0.2, 0.25) is 5.15 Å². The molecule has 5 heteroatoms. The van der Waals surface area contributed by atoms with Gasteiger partial charge < -0.3 is 10.1 Å². The van der Waals surface area contributed by atoms with Gasteiger partial charge in [0, 0.05) is 31.9 Å². The fourth-order valence-electron chi connectivity index (χ4n) is 2.29. The van der Waals surface area contributed by atoms with Crippen LogP contribution < -0.4 is 5.32 Å². The molecular weight excluding hydrogens is 262 g/mol. The van der Waals surface area contributed by atoms with Crippen molar-refractivity contribution in [3.8, 4) is 0 Å². The molecule has 0 aromatic carbocycles. The standard InChI is InChI=1S/C14H26ClN3O/c1-5-16-12(8-7-9-19-6-2)10-13-11(3)17-18(4)14(13)15/h12,16H,5-10H2,1-4H3. The molecule has 0 fully saturated rings. The average Bonchev–Trinajstić information content (AvgIpc) is 2.61. The van der Waals surface area contributed by atoms with Crippen LogP contribution in [0.25, 0.3) is 0 Å². The van der Waals surface area contributed by atoms with Crippen molar-refractivity contribution >= 4 is 11.6 Å². The molecule has 1 heterocycles. The summed E-state index contributed by atoms with van der Waals surface area (Å²) in [4.78, 5) is 0. The number of likely N-dealkylation sites (N-methyl/N-ethyl adjacent to an activating group) is 1. The van der Waals surface area contributed by atoms with Gasteiger partial charge in [0.05, 0.1) is 5.69 Å². The van der Waals surface area contributed by atoms with E-state index in [-0.39, 0.29) is 0 Å². The molecule has 1 N–H and O–H groups in total. The highest BCUT2D eigenvalue weighted by Crippen LogP contribution is 2.21. The molecule has 0 aliphatic heterocycles. The SMILES string of the molecule is CCNC(CCCOCC)Cc1c(C)nn(C)c1Cl. The predicted molar refractivity (Wildman–Crippen MR) is 79.9 cm³/mol. The van der Waals surface area contributed by atoms with Gasteiger partial charge in [-0.1, -0.05) is 18.5 Å². The topological polar surface area (TPSA) is 39.1 Å². The Kier molecular flexibility index (Phi) is 7.42. The molecule has 0 spiro atoms. The van der Waals surface area contributed by atoms with Crippen LogP contribution in [0.15, 0.2) is 0 Å². The van der Waals surface area contributed by atoms with Gasteiger partial charge in [-0.2, -0.15) is 5.10 Å². The van der Waals surface area contributed by atoms with Gasteiger partial charge in [-0.05, 0) is 39.7 Å². The zero-order valence-electron chi connectivity index (χ0n) is 12.5. The molecular formula is C14H26ClN3O. The Hall–Kier alpha value is -0.580. The highest BCUT2D eigenvalue weighted by Gasteiger charge is 2.16. The largest absolute Gasteiger partial charge is 0.382 e. The first-order valence-electron chi connectivity index (χ1n) is 7.09. The van der Waals surface area contributed by atoms with Crippen LogP contribution >= 0.6 is 11.6 Å². The second-order valence-electron chi connectivity index (χ2n) is 4.78. The summed E-state index contributed by atoms with van der Waals surface area (Å²) < 4.78 is 7.14. The summed E-state index contributed by atoms with van der Waals surface area (Å²) in [5, 5.41) is 8.64. The molecule has 0 radical (unpaired) electrons. The summed E-state index contributed by atoms with van der Waals surface area (Å²) in [6.45, 7) is 8.77. The van der Waals surface area contributed by atoms with E-state index < -0.39 is 0 Å². The maximum atomic E-state index is 6.29. The summed E-state index contributed by atoms with van der Waals surface area (Å²) >= 11 is 6.29. The molecule has 4 nitrogen and oxygen atoms in total. The zero-order chi connectivity index (χ0) is 14.3. The van der Waals surface area contributed by atoms with Crippen LogP contribution in [0.3, 0.4) is 0 Å². The van der Waals surface area contributed by atoms with Gasteiger partial charge >= 0.3 is 0 Å². The molecule has 1 atom stereocenters. The van der Waals surface area contributed by atoms with E-state index in [9.17, 15) is 0 Å². The number of ether oxygens (including phenoxy) is 1. The van der Waals surface area contributed by atoms with Crippen LogP contribution in [0.4, 0.5) is 0 Å². The van der Waals surface area contributed by atoms with Gasteiger partial charge in [0.25, 0.3) is 0 Å². The predicted octanol–water partition coefficient (Wildman–Crippen LogP) is 2.72. The average molecular weight is 288 g/mol. The maximum absolute atomic E-state index is 6.29. The Bertz CT molecular complexity index is 379. The molecule has 1 unspecified atom stereocenters. The van der Waals surface area contributed by atoms with Crippen molar-refractivity contribution in [1.82, 2.24) is 15.1 Å². The van der Waals surface area contributed by atoms with Crippen LogP contribution in [0.5, 0.6) is 0 Å². The molecule has 0 aliphatic rings. The van der Waals surface area contributed by atoms with E-state index in [2.05, 4.69) is 17.3 Å². The van der Waals surface area contributed by atoms with Gasteiger partial charge in [-0.25, -0.2) is 0 Å². The lowest BCUT2D eigenvalue weighted by Gasteiger charge is -2.17. The molecule has 0 bridgehead atoms. The number of hydrogen-bond acceptors (Lipinski definition) is 3. The van der Waals surface area contributed by atoms with Crippen molar-refractivity contribution in [2.24, 2.45) is 7.05 Å². The minimum absolute atomic E-state index is 0.436. The smallest absolute Gasteiger partial charge is 0.130 e. The maximum Gasteiger partial charge on any atom is 0.130 e. The molecule has 1 rings (SSSR count). The first-order chi connectivity index (χ1) is 9.10. The molecule has 19 heavy (non-hydrogen) atoms. The minimum atomic E-state index is 0.436. The Balaban J connectivity index is 2.56. The summed E-state index contributed by atoms with van der Waals surface area (Å²) in [6, 6.07) is 0.436. The minimum Gasteiger partial charge on any atom is -0.382 e. The normalized spacial score (nSPS) is 12.9. The summed E-state index contributed by atoms with van der Waals surface area (Å²) in [5.41, 5.74) is 2.19. The van der Waals surface area contributed by atoms with Crippen LogP contribution in [0.1, 0.15) is 37.9 Å². The number of aromatic nitrogens is 2. The second-order valence-corrected chi connectivity index (χ2v) is 5.13. The quantitative estimate of drug-likeness (QED) is 0.710. The first-order valence-corrected chi connectivity index (χ1v) is 7.47. The van der Waals surface area contributed by atoms with E-state index in [4.69, 9.17) is 16.3 Å². The van der Waals surface area contributed by atoms with Crippen LogP contribution in [-0.4, -0.2) is 35.6 Å². The molecule has 0 aliphatic carbocycles. The number of nitrogens with one attached hydrogen (secondary N) is 1. The Morgan fingerprint density at radius 2 is 2.16 bits per heavy atom. The molecule has 0 saturated heterocycles. The Morgan fingerprint density at radius 1 is 1.42 bits per heavy atom. The van der Waals surface area contributed by atoms with E-state index in [0.29, 0.717) is 6.04 Å².